The highest BCUT2D eigenvalue weighted by Gasteiger charge is 2.39. The third kappa shape index (κ3) is 2.25. The van der Waals surface area contributed by atoms with Crippen molar-refractivity contribution < 1.29 is 0 Å². The lowest BCUT2D eigenvalue weighted by Crippen LogP contribution is -2.32. The Bertz CT molecular complexity index is 748. The van der Waals surface area contributed by atoms with Crippen molar-refractivity contribution >= 4 is 5.57 Å². The lowest BCUT2D eigenvalue weighted by atomic mass is 9.69. The van der Waals surface area contributed by atoms with Crippen molar-refractivity contribution in [3.05, 3.63) is 58.9 Å². The molecular formula is C19H23N3. The van der Waals surface area contributed by atoms with Gasteiger partial charge in [0, 0.05) is 28.8 Å². The quantitative estimate of drug-likeness (QED) is 0.841. The molecule has 0 spiro atoms. The van der Waals surface area contributed by atoms with E-state index in [2.05, 4.69) is 45.3 Å². The molecule has 0 radical (unpaired) electrons. The molecule has 114 valence electrons. The molecule has 3 rings (SSSR count). The van der Waals surface area contributed by atoms with Gasteiger partial charge in [-0.25, -0.2) is 9.97 Å². The Labute approximate surface area is 132 Å². The van der Waals surface area contributed by atoms with Gasteiger partial charge in [0.25, 0.3) is 0 Å². The van der Waals surface area contributed by atoms with Gasteiger partial charge >= 0.3 is 0 Å². The third-order valence-electron chi connectivity index (χ3n) is 4.82. The van der Waals surface area contributed by atoms with Gasteiger partial charge in [-0.2, -0.15) is 0 Å². The number of pyridine rings is 1. The first-order valence-corrected chi connectivity index (χ1v) is 7.95. The van der Waals surface area contributed by atoms with E-state index in [1.807, 2.05) is 12.3 Å². The Morgan fingerprint density at radius 3 is 2.77 bits per heavy atom. The molecule has 0 fully saturated rings. The molecule has 1 unspecified atom stereocenters. The normalized spacial score (nSPS) is 20.8. The first-order chi connectivity index (χ1) is 10.5. The van der Waals surface area contributed by atoms with Crippen molar-refractivity contribution in [3.63, 3.8) is 0 Å². The maximum atomic E-state index is 4.76. The minimum atomic E-state index is -0.208. The molecule has 0 saturated carbocycles. The molecule has 1 aliphatic rings. The second kappa shape index (κ2) is 5.31. The Morgan fingerprint density at radius 2 is 2.05 bits per heavy atom. The minimum Gasteiger partial charge on any atom is -0.258 e. The molecule has 2 heterocycles. The number of nitrogens with zero attached hydrogens (tertiary/aromatic N) is 3. The van der Waals surface area contributed by atoms with Crippen LogP contribution in [0.5, 0.6) is 0 Å². The van der Waals surface area contributed by atoms with Crippen LogP contribution in [0.2, 0.25) is 0 Å². The van der Waals surface area contributed by atoms with Crippen molar-refractivity contribution in [3.8, 4) is 0 Å². The molecule has 0 aromatic carbocycles. The molecular weight excluding hydrogens is 270 g/mol. The Kier molecular flexibility index (Phi) is 3.59. The fraction of sp³-hybridized carbons (Fsp3) is 0.421. The summed E-state index contributed by atoms with van der Waals surface area (Å²) in [4.78, 5) is 14.0. The summed E-state index contributed by atoms with van der Waals surface area (Å²) >= 11 is 0. The Morgan fingerprint density at radius 1 is 1.27 bits per heavy atom. The summed E-state index contributed by atoms with van der Waals surface area (Å²) in [6, 6.07) is 4.13. The molecule has 1 atom stereocenters. The van der Waals surface area contributed by atoms with Gasteiger partial charge in [0.2, 0.25) is 0 Å². The van der Waals surface area contributed by atoms with E-state index in [0.29, 0.717) is 0 Å². The Balaban J connectivity index is 2.11. The number of hydrogen-bond acceptors (Lipinski definition) is 3. The van der Waals surface area contributed by atoms with Gasteiger partial charge in [-0.05, 0) is 63.3 Å². The predicted octanol–water partition coefficient (Wildman–Crippen LogP) is 3.97. The molecule has 0 bridgehead atoms. The standard InChI is InChI=1S/C19H23N3/c1-6-15-8-10-20-18(22-15)19(5)9-7-16-17(14(19)4)12(2)11-13(3)21-16/h8,10-11H,4,6-7,9H2,1-3,5H3. The predicted molar refractivity (Wildman–Crippen MR) is 89.8 cm³/mol. The summed E-state index contributed by atoms with van der Waals surface area (Å²) in [6.07, 6.45) is 4.71. The van der Waals surface area contributed by atoms with Crippen LogP contribution in [0.4, 0.5) is 0 Å². The molecule has 0 N–H and O–H groups in total. The van der Waals surface area contributed by atoms with Gasteiger partial charge in [-0.15, -0.1) is 0 Å². The molecule has 1 aliphatic carbocycles. The summed E-state index contributed by atoms with van der Waals surface area (Å²) in [7, 11) is 0. The van der Waals surface area contributed by atoms with Crippen molar-refractivity contribution in [1.82, 2.24) is 15.0 Å². The van der Waals surface area contributed by atoms with Crippen LogP contribution in [0.3, 0.4) is 0 Å². The van der Waals surface area contributed by atoms with Crippen LogP contribution in [0, 0.1) is 13.8 Å². The highest BCUT2D eigenvalue weighted by molar-refractivity contribution is 5.77. The smallest absolute Gasteiger partial charge is 0.138 e. The van der Waals surface area contributed by atoms with E-state index in [1.165, 1.54) is 16.8 Å². The van der Waals surface area contributed by atoms with Gasteiger partial charge in [-0.1, -0.05) is 13.5 Å². The summed E-state index contributed by atoms with van der Waals surface area (Å²) < 4.78 is 0. The minimum absolute atomic E-state index is 0.208. The summed E-state index contributed by atoms with van der Waals surface area (Å²) in [5, 5.41) is 0. The lowest BCUT2D eigenvalue weighted by molar-refractivity contribution is 0.501. The first-order valence-electron chi connectivity index (χ1n) is 7.95. The topological polar surface area (TPSA) is 38.7 Å². The highest BCUT2D eigenvalue weighted by atomic mass is 14.9. The second-order valence-electron chi connectivity index (χ2n) is 6.44. The molecule has 0 amide bonds. The van der Waals surface area contributed by atoms with Gasteiger partial charge in [-0.3, -0.25) is 4.98 Å². The molecule has 0 aliphatic heterocycles. The van der Waals surface area contributed by atoms with Crippen molar-refractivity contribution in [1.29, 1.82) is 0 Å². The van der Waals surface area contributed by atoms with Crippen molar-refractivity contribution in [2.75, 3.05) is 0 Å². The van der Waals surface area contributed by atoms with Gasteiger partial charge in [0.05, 0.1) is 5.41 Å². The van der Waals surface area contributed by atoms with Crippen LogP contribution in [-0.4, -0.2) is 15.0 Å². The van der Waals surface area contributed by atoms with Crippen LogP contribution in [0.15, 0.2) is 24.9 Å². The summed E-state index contributed by atoms with van der Waals surface area (Å²) in [5.41, 5.74) is 6.70. The largest absolute Gasteiger partial charge is 0.258 e. The number of hydrogen-bond donors (Lipinski definition) is 0. The zero-order chi connectivity index (χ0) is 15.9. The summed E-state index contributed by atoms with van der Waals surface area (Å²) in [6.45, 7) is 12.9. The zero-order valence-corrected chi connectivity index (χ0v) is 13.9. The van der Waals surface area contributed by atoms with Crippen molar-refractivity contribution in [2.45, 2.75) is 52.4 Å². The molecule has 2 aromatic rings. The van der Waals surface area contributed by atoms with E-state index in [-0.39, 0.29) is 5.41 Å². The van der Waals surface area contributed by atoms with Crippen LogP contribution < -0.4 is 0 Å². The van der Waals surface area contributed by atoms with E-state index >= 15 is 0 Å². The summed E-state index contributed by atoms with van der Waals surface area (Å²) in [5.74, 6) is 0.891. The maximum Gasteiger partial charge on any atom is 0.138 e. The zero-order valence-electron chi connectivity index (χ0n) is 13.9. The van der Waals surface area contributed by atoms with Crippen LogP contribution in [0.25, 0.3) is 5.57 Å². The Hall–Kier alpha value is -2.03. The maximum absolute atomic E-state index is 4.76. The lowest BCUT2D eigenvalue weighted by Gasteiger charge is -2.36. The average Bonchev–Trinajstić information content (AvgIpc) is 2.50. The monoisotopic (exact) mass is 293 g/mol. The molecule has 0 saturated heterocycles. The molecule has 3 nitrogen and oxygen atoms in total. The number of rotatable bonds is 2. The third-order valence-corrected chi connectivity index (χ3v) is 4.82. The fourth-order valence-corrected chi connectivity index (χ4v) is 3.41. The van der Waals surface area contributed by atoms with E-state index in [0.717, 1.165) is 42.0 Å². The van der Waals surface area contributed by atoms with E-state index in [1.54, 1.807) is 0 Å². The van der Waals surface area contributed by atoms with Gasteiger partial charge in [0.15, 0.2) is 0 Å². The van der Waals surface area contributed by atoms with Crippen LogP contribution in [0.1, 0.15) is 54.3 Å². The number of aromatic nitrogens is 3. The molecule has 2 aromatic heterocycles. The molecule has 22 heavy (non-hydrogen) atoms. The van der Waals surface area contributed by atoms with Gasteiger partial charge in [0.1, 0.15) is 5.82 Å². The van der Waals surface area contributed by atoms with E-state index < -0.39 is 0 Å². The highest BCUT2D eigenvalue weighted by Crippen LogP contribution is 2.45. The van der Waals surface area contributed by atoms with Crippen LogP contribution >= 0.6 is 0 Å². The SMILES string of the molecule is C=C1c2c(C)cc(C)nc2CCC1(C)c1nccc(CC)n1. The average molecular weight is 293 g/mol. The number of allylic oxidation sites excluding steroid dienone is 1. The van der Waals surface area contributed by atoms with Gasteiger partial charge < -0.3 is 0 Å². The fourth-order valence-electron chi connectivity index (χ4n) is 3.41. The van der Waals surface area contributed by atoms with E-state index in [9.17, 15) is 0 Å². The number of aryl methyl sites for hydroxylation is 4. The molecule has 3 heteroatoms. The van der Waals surface area contributed by atoms with E-state index in [4.69, 9.17) is 9.97 Å². The second-order valence-corrected chi connectivity index (χ2v) is 6.44. The van der Waals surface area contributed by atoms with Crippen LogP contribution in [-0.2, 0) is 18.3 Å². The van der Waals surface area contributed by atoms with Crippen molar-refractivity contribution in [2.24, 2.45) is 0 Å². The first kappa shape index (κ1) is 14.9. The number of fused-ring (bicyclic) bond motifs is 1.